The molecule has 0 spiro atoms. The normalized spacial score (nSPS) is 21.5. The number of piperidine rings is 1. The fraction of sp³-hybridized carbons (Fsp3) is 0.600. The molecule has 0 unspecified atom stereocenters. The van der Waals surface area contributed by atoms with Crippen LogP contribution < -0.4 is 10.2 Å². The first-order chi connectivity index (χ1) is 7.29. The summed E-state index contributed by atoms with van der Waals surface area (Å²) >= 11 is 0. The van der Waals surface area contributed by atoms with E-state index in [1.807, 2.05) is 13.1 Å². The van der Waals surface area contributed by atoms with Gasteiger partial charge in [-0.2, -0.15) is 0 Å². The van der Waals surface area contributed by atoms with Gasteiger partial charge in [-0.25, -0.2) is 9.97 Å². The second kappa shape index (κ2) is 4.44. The van der Waals surface area contributed by atoms with Crippen LogP contribution in [0.15, 0.2) is 12.4 Å². The molecule has 1 fully saturated rings. The van der Waals surface area contributed by atoms with Crippen molar-refractivity contribution in [1.82, 2.24) is 9.97 Å². The van der Waals surface area contributed by atoms with E-state index >= 15 is 0 Å². The molecule has 1 aliphatic rings. The molecule has 82 valence electrons. The molecule has 1 aliphatic heterocycles. The van der Waals surface area contributed by atoms with E-state index in [4.69, 9.17) is 0 Å². The number of hydrogen-bond acceptors (Lipinski definition) is 5. The van der Waals surface area contributed by atoms with Crippen LogP contribution in [0.25, 0.3) is 0 Å². The number of aliphatic hydroxyl groups is 1. The standard InChI is InChI=1S/C10H16N4O/c1-11-9-5-10(13-7-12-9)14-4-2-3-8(15)6-14/h5,7-8,15H,2-4,6H2,1H3,(H,11,12,13)/t8-/m0/s1. The number of nitrogens with one attached hydrogen (secondary N) is 1. The Balaban J connectivity index is 2.13. The van der Waals surface area contributed by atoms with Gasteiger partial charge in [-0.05, 0) is 12.8 Å². The van der Waals surface area contributed by atoms with E-state index < -0.39 is 0 Å². The van der Waals surface area contributed by atoms with Gasteiger partial charge in [-0.1, -0.05) is 0 Å². The molecule has 2 rings (SSSR count). The summed E-state index contributed by atoms with van der Waals surface area (Å²) in [6, 6.07) is 1.90. The minimum Gasteiger partial charge on any atom is -0.391 e. The Kier molecular flexibility index (Phi) is 3.01. The monoisotopic (exact) mass is 208 g/mol. The first kappa shape index (κ1) is 10.2. The Morgan fingerprint density at radius 1 is 1.53 bits per heavy atom. The number of nitrogens with zero attached hydrogens (tertiary/aromatic N) is 3. The molecule has 0 aromatic carbocycles. The van der Waals surface area contributed by atoms with Gasteiger partial charge in [0.25, 0.3) is 0 Å². The van der Waals surface area contributed by atoms with Crippen molar-refractivity contribution in [3.05, 3.63) is 12.4 Å². The van der Waals surface area contributed by atoms with Gasteiger partial charge in [0.1, 0.15) is 18.0 Å². The molecule has 2 N–H and O–H groups in total. The first-order valence-electron chi connectivity index (χ1n) is 5.22. The van der Waals surface area contributed by atoms with Gasteiger partial charge >= 0.3 is 0 Å². The Hall–Kier alpha value is -1.36. The third-order valence-corrected chi connectivity index (χ3v) is 2.63. The highest BCUT2D eigenvalue weighted by atomic mass is 16.3. The van der Waals surface area contributed by atoms with Gasteiger partial charge in [0.05, 0.1) is 6.10 Å². The number of rotatable bonds is 2. The van der Waals surface area contributed by atoms with E-state index in [0.717, 1.165) is 31.0 Å². The number of aliphatic hydroxyl groups excluding tert-OH is 1. The average Bonchev–Trinajstić information content (AvgIpc) is 2.29. The third-order valence-electron chi connectivity index (χ3n) is 2.63. The van der Waals surface area contributed by atoms with Crippen LogP contribution in [0.3, 0.4) is 0 Å². The SMILES string of the molecule is CNc1cc(N2CCC[C@H](O)C2)ncn1. The van der Waals surface area contributed by atoms with Crippen LogP contribution in [0.1, 0.15) is 12.8 Å². The van der Waals surface area contributed by atoms with Crippen molar-refractivity contribution >= 4 is 11.6 Å². The zero-order valence-electron chi connectivity index (χ0n) is 8.85. The molecule has 15 heavy (non-hydrogen) atoms. The van der Waals surface area contributed by atoms with Gasteiger partial charge in [0.15, 0.2) is 0 Å². The quantitative estimate of drug-likeness (QED) is 0.740. The van der Waals surface area contributed by atoms with Crippen LogP contribution >= 0.6 is 0 Å². The summed E-state index contributed by atoms with van der Waals surface area (Å²) in [6.45, 7) is 1.62. The molecular weight excluding hydrogens is 192 g/mol. The Bertz CT molecular complexity index is 331. The number of anilines is 2. The summed E-state index contributed by atoms with van der Waals surface area (Å²) in [6.07, 6.45) is 3.22. The molecule has 2 heterocycles. The molecule has 0 radical (unpaired) electrons. The summed E-state index contributed by atoms with van der Waals surface area (Å²) in [7, 11) is 1.83. The molecule has 1 atom stereocenters. The lowest BCUT2D eigenvalue weighted by atomic mass is 10.1. The fourth-order valence-electron chi connectivity index (χ4n) is 1.82. The molecule has 1 aromatic rings. The van der Waals surface area contributed by atoms with E-state index in [0.29, 0.717) is 6.54 Å². The molecule has 1 aromatic heterocycles. The van der Waals surface area contributed by atoms with Crippen LogP contribution in [-0.2, 0) is 0 Å². The molecule has 0 saturated carbocycles. The molecule has 5 heteroatoms. The van der Waals surface area contributed by atoms with Crippen molar-refractivity contribution < 1.29 is 5.11 Å². The highest BCUT2D eigenvalue weighted by molar-refractivity contribution is 5.48. The molecule has 0 bridgehead atoms. The third kappa shape index (κ3) is 2.36. The Labute approximate surface area is 89.2 Å². The number of aromatic nitrogens is 2. The van der Waals surface area contributed by atoms with Crippen molar-refractivity contribution in [2.45, 2.75) is 18.9 Å². The summed E-state index contributed by atoms with van der Waals surface area (Å²) in [5, 5.41) is 12.5. The predicted molar refractivity (Wildman–Crippen MR) is 59.0 cm³/mol. The topological polar surface area (TPSA) is 61.3 Å². The lowest BCUT2D eigenvalue weighted by Crippen LogP contribution is -2.38. The first-order valence-corrected chi connectivity index (χ1v) is 5.22. The second-order valence-electron chi connectivity index (χ2n) is 3.75. The van der Waals surface area contributed by atoms with Gasteiger partial charge in [0.2, 0.25) is 0 Å². The smallest absolute Gasteiger partial charge is 0.134 e. The zero-order chi connectivity index (χ0) is 10.7. The van der Waals surface area contributed by atoms with Crippen LogP contribution in [0.5, 0.6) is 0 Å². The van der Waals surface area contributed by atoms with E-state index in [1.54, 1.807) is 6.33 Å². The largest absolute Gasteiger partial charge is 0.391 e. The maximum Gasteiger partial charge on any atom is 0.134 e. The molecule has 1 saturated heterocycles. The second-order valence-corrected chi connectivity index (χ2v) is 3.75. The maximum atomic E-state index is 9.57. The van der Waals surface area contributed by atoms with Crippen LogP contribution in [-0.4, -0.2) is 41.3 Å². The van der Waals surface area contributed by atoms with Crippen LogP contribution in [0.4, 0.5) is 11.6 Å². The lowest BCUT2D eigenvalue weighted by Gasteiger charge is -2.30. The van der Waals surface area contributed by atoms with Crippen LogP contribution in [0, 0.1) is 0 Å². The van der Waals surface area contributed by atoms with Gasteiger partial charge in [0, 0.05) is 26.2 Å². The van der Waals surface area contributed by atoms with Crippen molar-refractivity contribution in [2.75, 3.05) is 30.4 Å². The molecule has 0 amide bonds. The minimum absolute atomic E-state index is 0.230. The number of β-amino-alcohol motifs (C(OH)–C–C–N with tert-alkyl or cyclic N) is 1. The van der Waals surface area contributed by atoms with E-state index in [-0.39, 0.29) is 6.10 Å². The fourth-order valence-corrected chi connectivity index (χ4v) is 1.82. The van der Waals surface area contributed by atoms with Crippen LogP contribution in [0.2, 0.25) is 0 Å². The summed E-state index contributed by atoms with van der Waals surface area (Å²) in [5.41, 5.74) is 0. The minimum atomic E-state index is -0.230. The van der Waals surface area contributed by atoms with Crippen molar-refractivity contribution in [3.8, 4) is 0 Å². The maximum absolute atomic E-state index is 9.57. The van der Waals surface area contributed by atoms with Gasteiger partial charge < -0.3 is 15.3 Å². The average molecular weight is 208 g/mol. The highest BCUT2D eigenvalue weighted by Gasteiger charge is 2.18. The zero-order valence-corrected chi connectivity index (χ0v) is 8.85. The Morgan fingerprint density at radius 3 is 3.13 bits per heavy atom. The Morgan fingerprint density at radius 2 is 2.40 bits per heavy atom. The van der Waals surface area contributed by atoms with Crippen molar-refractivity contribution in [3.63, 3.8) is 0 Å². The summed E-state index contributed by atoms with van der Waals surface area (Å²) in [5.74, 6) is 1.69. The molecule has 5 nitrogen and oxygen atoms in total. The molecule has 0 aliphatic carbocycles. The highest BCUT2D eigenvalue weighted by Crippen LogP contribution is 2.18. The van der Waals surface area contributed by atoms with E-state index in [1.165, 1.54) is 0 Å². The van der Waals surface area contributed by atoms with E-state index in [2.05, 4.69) is 20.2 Å². The summed E-state index contributed by atoms with van der Waals surface area (Å²) in [4.78, 5) is 10.4. The number of hydrogen-bond donors (Lipinski definition) is 2. The van der Waals surface area contributed by atoms with E-state index in [9.17, 15) is 5.11 Å². The van der Waals surface area contributed by atoms with Gasteiger partial charge in [-0.3, -0.25) is 0 Å². The predicted octanol–water partition coefficient (Wildman–Crippen LogP) is 0.479. The molecular formula is C10H16N4O. The van der Waals surface area contributed by atoms with Gasteiger partial charge in [-0.15, -0.1) is 0 Å². The van der Waals surface area contributed by atoms with Crippen molar-refractivity contribution in [1.29, 1.82) is 0 Å². The van der Waals surface area contributed by atoms with Crippen molar-refractivity contribution in [2.24, 2.45) is 0 Å². The lowest BCUT2D eigenvalue weighted by molar-refractivity contribution is 0.154. The summed E-state index contributed by atoms with van der Waals surface area (Å²) < 4.78 is 0.